The monoisotopic (exact) mass is 358 g/mol. The molecule has 1 N–H and O–H groups in total. The molecule has 136 valence electrons. The quantitative estimate of drug-likeness (QED) is 0.381. The van der Waals surface area contributed by atoms with Crippen LogP contribution in [0.4, 0.5) is 15.8 Å². The third-order valence-electron chi connectivity index (χ3n) is 4.57. The summed E-state index contributed by atoms with van der Waals surface area (Å²) < 4.78 is 18.8. The molecule has 0 saturated carbocycles. The van der Waals surface area contributed by atoms with Crippen LogP contribution in [0.2, 0.25) is 0 Å². The van der Waals surface area contributed by atoms with E-state index in [1.165, 1.54) is 13.0 Å². The molecule has 2 aromatic carbocycles. The van der Waals surface area contributed by atoms with E-state index in [0.29, 0.717) is 17.7 Å². The van der Waals surface area contributed by atoms with E-state index in [-0.39, 0.29) is 17.4 Å². The lowest BCUT2D eigenvalue weighted by molar-refractivity contribution is -0.387. The summed E-state index contributed by atoms with van der Waals surface area (Å²) >= 11 is 0. The number of rotatable bonds is 3. The molecule has 0 spiro atoms. The number of carbonyl (C=O) groups excluding carboxylic acids is 1. The largest absolute Gasteiger partial charge is 0.427 e. The molecule has 1 heterocycles. The topological polar surface area (TPSA) is 81.5 Å². The van der Waals surface area contributed by atoms with E-state index < -0.39 is 16.4 Å². The van der Waals surface area contributed by atoms with E-state index in [0.717, 1.165) is 17.3 Å². The SMILES string of the molecule is CC(=O)Oc1ccc2c(c1)CC(C)(C)C(c1ccc(F)c([N+](=O)[O-])c1)N2. The van der Waals surface area contributed by atoms with Gasteiger partial charge < -0.3 is 10.1 Å². The first kappa shape index (κ1) is 17.8. The maximum atomic E-state index is 13.7. The Bertz CT molecular complexity index is 895. The fourth-order valence-electron chi connectivity index (χ4n) is 3.41. The van der Waals surface area contributed by atoms with Crippen LogP contribution in [0.25, 0.3) is 0 Å². The Kier molecular flexibility index (Phi) is 4.39. The van der Waals surface area contributed by atoms with Crippen molar-refractivity contribution in [3.63, 3.8) is 0 Å². The van der Waals surface area contributed by atoms with Gasteiger partial charge in [0.05, 0.1) is 11.0 Å². The van der Waals surface area contributed by atoms with Crippen molar-refractivity contribution in [1.29, 1.82) is 0 Å². The highest BCUT2D eigenvalue weighted by Gasteiger charge is 2.37. The third kappa shape index (κ3) is 3.37. The van der Waals surface area contributed by atoms with E-state index >= 15 is 0 Å². The van der Waals surface area contributed by atoms with Crippen molar-refractivity contribution in [3.05, 3.63) is 63.5 Å². The van der Waals surface area contributed by atoms with E-state index in [2.05, 4.69) is 5.32 Å². The van der Waals surface area contributed by atoms with Crippen LogP contribution in [0.5, 0.6) is 5.75 Å². The highest BCUT2D eigenvalue weighted by molar-refractivity contribution is 5.70. The Labute approximate surface area is 150 Å². The van der Waals surface area contributed by atoms with Gasteiger partial charge in [0.15, 0.2) is 0 Å². The van der Waals surface area contributed by atoms with Gasteiger partial charge in [-0.3, -0.25) is 14.9 Å². The first-order valence-electron chi connectivity index (χ1n) is 8.19. The van der Waals surface area contributed by atoms with E-state index in [1.807, 2.05) is 26.0 Å². The van der Waals surface area contributed by atoms with Crippen molar-refractivity contribution >= 4 is 17.3 Å². The summed E-state index contributed by atoms with van der Waals surface area (Å²) in [6.45, 7) is 5.40. The number of fused-ring (bicyclic) bond motifs is 1. The van der Waals surface area contributed by atoms with Gasteiger partial charge in [-0.15, -0.1) is 0 Å². The number of nitrogens with one attached hydrogen (secondary N) is 1. The molecule has 0 saturated heterocycles. The van der Waals surface area contributed by atoms with Crippen LogP contribution in [0.1, 0.15) is 37.9 Å². The third-order valence-corrected chi connectivity index (χ3v) is 4.57. The average Bonchev–Trinajstić information content (AvgIpc) is 2.53. The van der Waals surface area contributed by atoms with Gasteiger partial charge in [0.1, 0.15) is 5.75 Å². The first-order chi connectivity index (χ1) is 12.2. The molecule has 0 aromatic heterocycles. The molecular weight excluding hydrogens is 339 g/mol. The van der Waals surface area contributed by atoms with Gasteiger partial charge in [-0.1, -0.05) is 19.9 Å². The van der Waals surface area contributed by atoms with Crippen molar-refractivity contribution < 1.29 is 18.8 Å². The minimum atomic E-state index is -0.848. The molecule has 0 fully saturated rings. The van der Waals surface area contributed by atoms with Crippen LogP contribution in [-0.4, -0.2) is 10.9 Å². The lowest BCUT2D eigenvalue weighted by atomic mass is 9.73. The summed E-state index contributed by atoms with van der Waals surface area (Å²) in [6.07, 6.45) is 0.667. The zero-order valence-corrected chi connectivity index (χ0v) is 14.7. The predicted octanol–water partition coefficient (Wildman–Crippen LogP) is 4.39. The molecule has 0 bridgehead atoms. The van der Waals surface area contributed by atoms with Gasteiger partial charge in [0.25, 0.3) is 0 Å². The van der Waals surface area contributed by atoms with E-state index in [4.69, 9.17) is 4.74 Å². The summed E-state index contributed by atoms with van der Waals surface area (Å²) in [5.74, 6) is -0.756. The number of hydrogen-bond acceptors (Lipinski definition) is 5. The Hall–Kier alpha value is -2.96. The Morgan fingerprint density at radius 3 is 2.69 bits per heavy atom. The number of esters is 1. The van der Waals surface area contributed by atoms with Crippen molar-refractivity contribution in [2.75, 3.05) is 5.32 Å². The summed E-state index contributed by atoms with van der Waals surface area (Å²) in [4.78, 5) is 21.5. The molecule has 1 aliphatic heterocycles. The number of hydrogen-bond donors (Lipinski definition) is 1. The molecule has 0 aliphatic carbocycles. The number of ether oxygens (including phenoxy) is 1. The average molecular weight is 358 g/mol. The van der Waals surface area contributed by atoms with Crippen molar-refractivity contribution in [1.82, 2.24) is 0 Å². The smallest absolute Gasteiger partial charge is 0.308 e. The van der Waals surface area contributed by atoms with Crippen LogP contribution in [0.3, 0.4) is 0 Å². The van der Waals surface area contributed by atoms with Crippen LogP contribution in [-0.2, 0) is 11.2 Å². The standard InChI is InChI=1S/C19H19FN2O4/c1-11(23)26-14-5-7-16-13(8-14)10-19(2,3)18(21-16)12-4-6-15(20)17(9-12)22(24)25/h4-9,18,21H,10H2,1-3H3. The highest BCUT2D eigenvalue weighted by atomic mass is 19.1. The lowest BCUT2D eigenvalue weighted by Crippen LogP contribution is -2.35. The summed E-state index contributed by atoms with van der Waals surface area (Å²) in [5.41, 5.74) is 1.67. The Balaban J connectivity index is 1.97. The highest BCUT2D eigenvalue weighted by Crippen LogP contribution is 2.46. The fourth-order valence-corrected chi connectivity index (χ4v) is 3.41. The Morgan fingerprint density at radius 1 is 1.31 bits per heavy atom. The second-order valence-corrected chi connectivity index (χ2v) is 7.12. The van der Waals surface area contributed by atoms with Crippen molar-refractivity contribution in [2.45, 2.75) is 33.2 Å². The van der Waals surface area contributed by atoms with Gasteiger partial charge in [0.2, 0.25) is 5.82 Å². The number of anilines is 1. The predicted molar refractivity (Wildman–Crippen MR) is 94.7 cm³/mol. The second kappa shape index (κ2) is 6.40. The zero-order chi connectivity index (χ0) is 19.1. The summed E-state index contributed by atoms with van der Waals surface area (Å²) in [7, 11) is 0. The lowest BCUT2D eigenvalue weighted by Gasteiger charge is -2.41. The minimum absolute atomic E-state index is 0.228. The van der Waals surface area contributed by atoms with Crippen LogP contribution >= 0.6 is 0 Å². The molecule has 1 aliphatic rings. The number of benzene rings is 2. The number of nitro groups is 1. The molecule has 7 heteroatoms. The molecule has 26 heavy (non-hydrogen) atoms. The number of carbonyl (C=O) groups is 1. The number of nitro benzene ring substituents is 1. The first-order valence-corrected chi connectivity index (χ1v) is 8.19. The zero-order valence-electron chi connectivity index (χ0n) is 14.7. The van der Waals surface area contributed by atoms with E-state index in [1.54, 1.807) is 12.1 Å². The maximum Gasteiger partial charge on any atom is 0.308 e. The number of nitrogens with zero attached hydrogens (tertiary/aromatic N) is 1. The second-order valence-electron chi connectivity index (χ2n) is 7.12. The van der Waals surface area contributed by atoms with Crippen molar-refractivity contribution in [2.24, 2.45) is 5.41 Å². The number of halogens is 1. The van der Waals surface area contributed by atoms with Crippen LogP contribution < -0.4 is 10.1 Å². The molecule has 6 nitrogen and oxygen atoms in total. The van der Waals surface area contributed by atoms with Gasteiger partial charge in [0, 0.05) is 18.7 Å². The van der Waals surface area contributed by atoms with Crippen molar-refractivity contribution in [3.8, 4) is 5.75 Å². The molecule has 2 aromatic rings. The minimum Gasteiger partial charge on any atom is -0.427 e. The maximum absolute atomic E-state index is 13.7. The molecule has 1 unspecified atom stereocenters. The van der Waals surface area contributed by atoms with E-state index in [9.17, 15) is 19.3 Å². The molecule has 0 radical (unpaired) electrons. The molecule has 0 amide bonds. The Morgan fingerprint density at radius 2 is 2.04 bits per heavy atom. The summed E-state index contributed by atoms with van der Waals surface area (Å²) in [6, 6.07) is 9.07. The van der Waals surface area contributed by atoms with Gasteiger partial charge in [-0.2, -0.15) is 4.39 Å². The molecule has 3 rings (SSSR count). The summed E-state index contributed by atoms with van der Waals surface area (Å²) in [5, 5.41) is 14.4. The molecule has 1 atom stereocenters. The van der Waals surface area contributed by atoms with Gasteiger partial charge >= 0.3 is 11.7 Å². The fraction of sp³-hybridized carbons (Fsp3) is 0.316. The van der Waals surface area contributed by atoms with Gasteiger partial charge in [-0.05, 0) is 47.2 Å². The van der Waals surface area contributed by atoms with Gasteiger partial charge in [-0.25, -0.2) is 0 Å². The van der Waals surface area contributed by atoms with Crippen LogP contribution in [0.15, 0.2) is 36.4 Å². The van der Waals surface area contributed by atoms with Crippen LogP contribution in [0, 0.1) is 21.3 Å². The molecular formula is C19H19FN2O4. The normalized spacial score (nSPS) is 17.8.